The SMILES string of the molecule is CC(=O)[C@@H]1CCCCN1C.CC(=O)[C@@H]1C[C@@H](C)CN1C.CC(=O)[C@@H]1Cc2ccccc2CN1C.CC(=O)[C@@H]1Cc2ccccc2N1C.CC(=O)[C@@H]1c2ccccc2CCN1C.CC(=O)[C@H](C)N(C)C. The Morgan fingerprint density at radius 2 is 1.07 bits per heavy atom. The molecule has 0 N–H and O–H groups in total. The molecule has 0 unspecified atom stereocenters. The van der Waals surface area contributed by atoms with E-state index in [0.717, 1.165) is 58.3 Å². The molecule has 3 aromatic rings. The molecule has 69 heavy (non-hydrogen) atoms. The molecule has 5 heterocycles. The smallest absolute Gasteiger partial charge is 0.152 e. The highest BCUT2D eigenvalue weighted by atomic mass is 16.1. The van der Waals surface area contributed by atoms with Crippen molar-refractivity contribution in [2.24, 2.45) is 5.92 Å². The van der Waals surface area contributed by atoms with Crippen LogP contribution in [0.1, 0.15) is 115 Å². The van der Waals surface area contributed by atoms with Crippen LogP contribution < -0.4 is 4.90 Å². The second kappa shape index (κ2) is 28.2. The largest absolute Gasteiger partial charge is 0.364 e. The third-order valence-corrected chi connectivity index (χ3v) is 14.4. The summed E-state index contributed by atoms with van der Waals surface area (Å²) in [5.41, 5.74) is 7.67. The van der Waals surface area contributed by atoms with E-state index in [-0.39, 0.29) is 59.4 Å². The van der Waals surface area contributed by atoms with Gasteiger partial charge in [0.05, 0.1) is 36.3 Å². The lowest BCUT2D eigenvalue weighted by Gasteiger charge is -2.32. The minimum Gasteiger partial charge on any atom is -0.364 e. The number of anilines is 1. The van der Waals surface area contributed by atoms with Crippen LogP contribution in [0, 0.1) is 5.92 Å². The lowest BCUT2D eigenvalue weighted by atomic mass is 9.91. The Balaban J connectivity index is 0.000000222. The quantitative estimate of drug-likeness (QED) is 0.232. The highest BCUT2D eigenvalue weighted by Gasteiger charge is 2.31. The van der Waals surface area contributed by atoms with E-state index < -0.39 is 0 Å². The van der Waals surface area contributed by atoms with Crippen LogP contribution in [0.25, 0.3) is 0 Å². The van der Waals surface area contributed by atoms with E-state index in [1.165, 1.54) is 46.3 Å². The van der Waals surface area contributed by atoms with E-state index in [1.807, 2.05) is 91.5 Å². The van der Waals surface area contributed by atoms with Gasteiger partial charge in [-0.3, -0.25) is 53.3 Å². The number of carbonyl (C=O) groups excluding carboxylic acids is 6. The van der Waals surface area contributed by atoms with Gasteiger partial charge in [-0.1, -0.05) is 80.1 Å². The molecule has 7 atom stereocenters. The third-order valence-electron chi connectivity index (χ3n) is 14.4. The van der Waals surface area contributed by atoms with Crippen LogP contribution in [0.4, 0.5) is 5.69 Å². The van der Waals surface area contributed by atoms with Gasteiger partial charge in [-0.2, -0.15) is 0 Å². The second-order valence-corrected chi connectivity index (χ2v) is 20.3. The van der Waals surface area contributed by atoms with Gasteiger partial charge in [0, 0.05) is 38.8 Å². The lowest BCUT2D eigenvalue weighted by Crippen LogP contribution is -2.42. The van der Waals surface area contributed by atoms with Gasteiger partial charge >= 0.3 is 0 Å². The van der Waals surface area contributed by atoms with E-state index in [0.29, 0.717) is 17.5 Å². The number of piperidine rings is 1. The molecule has 2 fully saturated rings. The number of rotatable bonds is 7. The molecule has 5 aliphatic rings. The molecule has 0 radical (unpaired) electrons. The molecular weight excluding hydrogens is 865 g/mol. The topological polar surface area (TPSA) is 122 Å². The monoisotopic (exact) mass is 951 g/mol. The highest BCUT2D eigenvalue weighted by molar-refractivity contribution is 5.88. The maximum atomic E-state index is 11.5. The van der Waals surface area contributed by atoms with Crippen molar-refractivity contribution in [2.45, 2.75) is 143 Å². The van der Waals surface area contributed by atoms with E-state index in [2.05, 4.69) is 73.9 Å². The van der Waals surface area contributed by atoms with Crippen LogP contribution in [0.5, 0.6) is 0 Å². The van der Waals surface area contributed by atoms with Crippen molar-refractivity contribution in [1.29, 1.82) is 0 Å². The fourth-order valence-electron chi connectivity index (χ4n) is 9.97. The lowest BCUT2D eigenvalue weighted by molar-refractivity contribution is -0.123. The Morgan fingerprint density at radius 3 is 1.52 bits per heavy atom. The summed E-state index contributed by atoms with van der Waals surface area (Å²) < 4.78 is 0. The van der Waals surface area contributed by atoms with E-state index in [9.17, 15) is 28.8 Å². The van der Waals surface area contributed by atoms with Crippen molar-refractivity contribution in [3.8, 4) is 0 Å². The molecule has 0 amide bonds. The van der Waals surface area contributed by atoms with Gasteiger partial charge < -0.3 is 4.90 Å². The van der Waals surface area contributed by atoms with Gasteiger partial charge in [-0.25, -0.2) is 0 Å². The van der Waals surface area contributed by atoms with Crippen LogP contribution in [0.3, 0.4) is 0 Å². The number of benzene rings is 3. The average molecular weight is 951 g/mol. The van der Waals surface area contributed by atoms with Crippen molar-refractivity contribution < 1.29 is 28.8 Å². The predicted octanol–water partition coefficient (Wildman–Crippen LogP) is 7.57. The molecule has 0 bridgehead atoms. The summed E-state index contributed by atoms with van der Waals surface area (Å²) in [5, 5.41) is 0. The maximum Gasteiger partial charge on any atom is 0.152 e. The number of carbonyl (C=O) groups is 6. The molecule has 8 rings (SSSR count). The van der Waals surface area contributed by atoms with Gasteiger partial charge in [-0.05, 0) is 169 Å². The van der Waals surface area contributed by atoms with Crippen LogP contribution >= 0.6 is 0 Å². The molecule has 0 saturated carbocycles. The van der Waals surface area contributed by atoms with Crippen LogP contribution in [-0.2, 0) is 54.6 Å². The summed E-state index contributed by atoms with van der Waals surface area (Å²) in [6, 6.07) is 25.4. The predicted molar refractivity (Wildman–Crippen MR) is 281 cm³/mol. The Hall–Kier alpha value is -4.72. The molecule has 2 saturated heterocycles. The van der Waals surface area contributed by atoms with E-state index >= 15 is 0 Å². The molecule has 0 aliphatic carbocycles. The van der Waals surface area contributed by atoms with Crippen molar-refractivity contribution in [2.75, 3.05) is 73.9 Å². The number of likely N-dealkylation sites (N-methyl/N-ethyl adjacent to an activating group) is 6. The zero-order valence-electron chi connectivity index (χ0n) is 44.9. The Labute approximate surface area is 415 Å². The maximum absolute atomic E-state index is 11.5. The zero-order valence-corrected chi connectivity index (χ0v) is 44.9. The number of para-hydroxylation sites is 1. The Morgan fingerprint density at radius 1 is 0.551 bits per heavy atom. The fourth-order valence-corrected chi connectivity index (χ4v) is 9.97. The van der Waals surface area contributed by atoms with Crippen molar-refractivity contribution in [1.82, 2.24) is 24.5 Å². The summed E-state index contributed by atoms with van der Waals surface area (Å²) >= 11 is 0. The number of hydrogen-bond acceptors (Lipinski definition) is 12. The third kappa shape index (κ3) is 17.6. The van der Waals surface area contributed by atoms with Gasteiger partial charge in [0.1, 0.15) is 23.1 Å². The first-order chi connectivity index (χ1) is 32.5. The summed E-state index contributed by atoms with van der Waals surface area (Å²) in [6.07, 6.45) is 7.35. The number of nitrogens with zero attached hydrogens (tertiary/aromatic N) is 6. The summed E-state index contributed by atoms with van der Waals surface area (Å²) in [4.78, 5) is 79.2. The molecule has 0 spiro atoms. The van der Waals surface area contributed by atoms with Gasteiger partial charge in [0.2, 0.25) is 0 Å². The van der Waals surface area contributed by atoms with Crippen molar-refractivity contribution >= 4 is 40.4 Å². The standard InChI is InChI=1S/2C12H15NO.C11H13NO.2C8H15NO.C6H13NO/c1-9(14)12-7-10-5-3-4-6-11(10)8-13(12)2;1-9(14)12-11-6-4-3-5-10(11)7-8-13(12)2;1-8(13)11-7-9-5-3-4-6-10(9)12(11)2;1-6-4-8(7(2)10)9(3)5-6;1-7(10)8-5-3-4-6-9(8)2;1-5(6(2)8)7(3)4/h2*3-6,12H,7-8H2,1-2H3;3-6,11H,7H2,1-2H3;6,8H,4-5H2,1-3H3;8H,3-6H2,1-2H3;5H,1-4H3/t2*12-;11-;6-,8+;8-;5-/m010100/s1. The van der Waals surface area contributed by atoms with Crippen molar-refractivity contribution in [3.05, 3.63) is 101 Å². The minimum atomic E-state index is -0.0278. The normalized spacial score (nSPS) is 23.4. The molecule has 3 aromatic carbocycles. The highest BCUT2D eigenvalue weighted by Crippen LogP contribution is 2.31. The van der Waals surface area contributed by atoms with Crippen LogP contribution in [-0.4, -0.2) is 158 Å². The first kappa shape index (κ1) is 58.6. The molecule has 0 aromatic heterocycles. The second-order valence-electron chi connectivity index (χ2n) is 20.3. The Kier molecular flexibility index (Phi) is 24.0. The number of ketones is 6. The zero-order chi connectivity index (χ0) is 51.7. The Bertz CT molecular complexity index is 2160. The summed E-state index contributed by atoms with van der Waals surface area (Å²) in [5.74, 6) is 2.29. The number of hydrogen-bond donors (Lipinski definition) is 0. The first-order valence-electron chi connectivity index (χ1n) is 24.9. The van der Waals surface area contributed by atoms with Crippen LogP contribution in [0.2, 0.25) is 0 Å². The van der Waals surface area contributed by atoms with Gasteiger partial charge in [0.25, 0.3) is 0 Å². The summed E-state index contributed by atoms with van der Waals surface area (Å²) in [7, 11) is 13.9. The van der Waals surface area contributed by atoms with Crippen LogP contribution in [0.15, 0.2) is 72.8 Å². The number of fused-ring (bicyclic) bond motifs is 3. The molecule has 12 nitrogen and oxygen atoms in total. The number of Topliss-reactive ketones (excluding diaryl/α,β-unsaturated/α-hetero) is 6. The van der Waals surface area contributed by atoms with Crippen molar-refractivity contribution in [3.63, 3.8) is 0 Å². The van der Waals surface area contributed by atoms with E-state index in [1.54, 1.807) is 41.5 Å². The number of likely N-dealkylation sites (tertiary alicyclic amines) is 2. The van der Waals surface area contributed by atoms with Gasteiger partial charge in [0.15, 0.2) is 11.6 Å². The molecule has 380 valence electrons. The van der Waals surface area contributed by atoms with Gasteiger partial charge in [-0.15, -0.1) is 0 Å². The first-order valence-corrected chi connectivity index (χ1v) is 24.9. The van der Waals surface area contributed by atoms with E-state index in [4.69, 9.17) is 0 Å². The molecule has 5 aliphatic heterocycles. The minimum absolute atomic E-state index is 0.0278. The summed E-state index contributed by atoms with van der Waals surface area (Å²) in [6.45, 7) is 18.1. The molecular formula is C57H86N6O6. The fraction of sp³-hybridized carbons (Fsp3) is 0.579. The average Bonchev–Trinajstić information content (AvgIpc) is 3.83. The molecule has 12 heteroatoms.